The number of carbonyl (C=O) groups excluding carboxylic acids is 2. The van der Waals surface area contributed by atoms with Gasteiger partial charge in [-0.15, -0.1) is 0 Å². The fraction of sp³-hybridized carbons (Fsp3) is 0.222. The van der Waals surface area contributed by atoms with Crippen molar-refractivity contribution < 1.29 is 14.3 Å². The van der Waals surface area contributed by atoms with E-state index >= 15 is 0 Å². The Balaban J connectivity index is 1.80. The van der Waals surface area contributed by atoms with Gasteiger partial charge in [-0.25, -0.2) is 0 Å². The van der Waals surface area contributed by atoms with Crippen molar-refractivity contribution in [3.63, 3.8) is 0 Å². The molecule has 0 aromatic heterocycles. The van der Waals surface area contributed by atoms with Crippen LogP contribution in [-0.4, -0.2) is 18.5 Å². The number of amides is 1. The van der Waals surface area contributed by atoms with E-state index in [1.807, 2.05) is 37.3 Å². The normalized spacial score (nSPS) is 11.6. The number of nitrogens with one attached hydrogen (secondary N) is 1. The van der Waals surface area contributed by atoms with Gasteiger partial charge in [0.25, 0.3) is 5.91 Å². The predicted molar refractivity (Wildman–Crippen MR) is 95.5 cm³/mol. The molecule has 1 unspecified atom stereocenters. The molecule has 0 bridgehead atoms. The Morgan fingerprint density at radius 3 is 2.50 bits per heavy atom. The number of carbonyl (C=O) groups is 2. The first kappa shape index (κ1) is 18.3. The molecule has 0 aliphatic carbocycles. The van der Waals surface area contributed by atoms with Gasteiger partial charge in [0.2, 0.25) is 0 Å². The highest BCUT2D eigenvalue weighted by molar-refractivity contribution is 6.36. The number of rotatable bonds is 6. The zero-order valence-electron chi connectivity index (χ0n) is 13.1. The van der Waals surface area contributed by atoms with Gasteiger partial charge in [0.05, 0.1) is 17.1 Å². The van der Waals surface area contributed by atoms with Crippen molar-refractivity contribution in [2.45, 2.75) is 19.3 Å². The molecule has 126 valence electrons. The molecule has 0 heterocycles. The fourth-order valence-corrected chi connectivity index (χ4v) is 2.59. The third kappa shape index (κ3) is 5.55. The minimum atomic E-state index is -0.458. The molecule has 0 saturated carbocycles. The number of halogens is 2. The highest BCUT2D eigenvalue weighted by atomic mass is 35.5. The summed E-state index contributed by atoms with van der Waals surface area (Å²) in [5.74, 6) is -0.865. The van der Waals surface area contributed by atoms with Crippen LogP contribution in [0.1, 0.15) is 24.8 Å². The van der Waals surface area contributed by atoms with Gasteiger partial charge in [-0.2, -0.15) is 0 Å². The first-order valence-electron chi connectivity index (χ1n) is 7.41. The Kier molecular flexibility index (Phi) is 6.64. The van der Waals surface area contributed by atoms with E-state index in [2.05, 4.69) is 5.32 Å². The average Bonchev–Trinajstić information content (AvgIpc) is 2.56. The lowest BCUT2D eigenvalue weighted by Crippen LogP contribution is -2.21. The van der Waals surface area contributed by atoms with Crippen molar-refractivity contribution in [2.24, 2.45) is 0 Å². The number of benzene rings is 2. The van der Waals surface area contributed by atoms with E-state index in [4.69, 9.17) is 27.9 Å². The Morgan fingerprint density at radius 1 is 1.12 bits per heavy atom. The van der Waals surface area contributed by atoms with Crippen LogP contribution in [0, 0.1) is 0 Å². The van der Waals surface area contributed by atoms with E-state index in [1.165, 1.54) is 6.07 Å². The van der Waals surface area contributed by atoms with Gasteiger partial charge in [-0.1, -0.05) is 60.5 Å². The fourth-order valence-electron chi connectivity index (χ4n) is 2.13. The van der Waals surface area contributed by atoms with E-state index < -0.39 is 11.9 Å². The minimum absolute atomic E-state index is 0.0208. The maximum atomic E-state index is 11.8. The van der Waals surface area contributed by atoms with Gasteiger partial charge in [-0.05, 0) is 29.7 Å². The highest BCUT2D eigenvalue weighted by Crippen LogP contribution is 2.25. The van der Waals surface area contributed by atoms with Crippen molar-refractivity contribution in [1.82, 2.24) is 0 Å². The van der Waals surface area contributed by atoms with Crippen LogP contribution in [0.2, 0.25) is 10.0 Å². The SMILES string of the molecule is CC(CC(=O)OCC(=O)Nc1ccc(Cl)cc1Cl)c1ccccc1. The maximum absolute atomic E-state index is 11.8. The molecule has 2 rings (SSSR count). The number of esters is 1. The van der Waals surface area contributed by atoms with Gasteiger partial charge in [0.1, 0.15) is 0 Å². The molecule has 0 aliphatic heterocycles. The van der Waals surface area contributed by atoms with Gasteiger partial charge in [-0.3, -0.25) is 9.59 Å². The second kappa shape index (κ2) is 8.71. The summed E-state index contributed by atoms with van der Waals surface area (Å²) in [4.78, 5) is 23.7. The molecule has 0 radical (unpaired) electrons. The van der Waals surface area contributed by atoms with Gasteiger partial charge >= 0.3 is 5.97 Å². The van der Waals surface area contributed by atoms with E-state index in [0.717, 1.165) is 5.56 Å². The van der Waals surface area contributed by atoms with Crippen molar-refractivity contribution in [3.05, 3.63) is 64.1 Å². The Hall–Kier alpha value is -2.04. The smallest absolute Gasteiger partial charge is 0.306 e. The van der Waals surface area contributed by atoms with Crippen molar-refractivity contribution in [2.75, 3.05) is 11.9 Å². The molecule has 0 fully saturated rings. The second-order valence-corrected chi connectivity index (χ2v) is 6.19. The number of hydrogen-bond acceptors (Lipinski definition) is 3. The standard InChI is InChI=1S/C18H17Cl2NO3/c1-12(13-5-3-2-4-6-13)9-18(23)24-11-17(22)21-16-8-7-14(19)10-15(16)20/h2-8,10,12H,9,11H2,1H3,(H,21,22). The van der Waals surface area contributed by atoms with Crippen LogP contribution < -0.4 is 5.32 Å². The van der Waals surface area contributed by atoms with Crippen molar-refractivity contribution >= 4 is 40.8 Å². The van der Waals surface area contributed by atoms with Crippen LogP contribution in [0.25, 0.3) is 0 Å². The summed E-state index contributed by atoms with van der Waals surface area (Å²) < 4.78 is 5.01. The monoisotopic (exact) mass is 365 g/mol. The summed E-state index contributed by atoms with van der Waals surface area (Å²) >= 11 is 11.8. The zero-order valence-corrected chi connectivity index (χ0v) is 14.6. The molecular formula is C18H17Cl2NO3. The average molecular weight is 366 g/mol. The van der Waals surface area contributed by atoms with Crippen LogP contribution >= 0.6 is 23.2 Å². The lowest BCUT2D eigenvalue weighted by atomic mass is 9.98. The largest absolute Gasteiger partial charge is 0.456 e. The first-order chi connectivity index (χ1) is 11.5. The van der Waals surface area contributed by atoms with Crippen LogP contribution in [0.15, 0.2) is 48.5 Å². The molecule has 24 heavy (non-hydrogen) atoms. The predicted octanol–water partition coefficient (Wildman–Crippen LogP) is 4.67. The summed E-state index contributed by atoms with van der Waals surface area (Å²) in [6.45, 7) is 1.57. The molecule has 6 heteroatoms. The lowest BCUT2D eigenvalue weighted by Gasteiger charge is -2.12. The molecule has 0 aliphatic rings. The molecular weight excluding hydrogens is 349 g/mol. The van der Waals surface area contributed by atoms with Gasteiger partial charge in [0.15, 0.2) is 6.61 Å². The van der Waals surface area contributed by atoms with Gasteiger partial charge in [0, 0.05) is 5.02 Å². The van der Waals surface area contributed by atoms with E-state index in [9.17, 15) is 9.59 Å². The Bertz CT molecular complexity index is 719. The number of ether oxygens (including phenoxy) is 1. The van der Waals surface area contributed by atoms with Crippen LogP contribution in [0.5, 0.6) is 0 Å². The van der Waals surface area contributed by atoms with E-state index in [-0.39, 0.29) is 18.9 Å². The summed E-state index contributed by atoms with van der Waals surface area (Å²) in [6.07, 6.45) is 0.207. The summed E-state index contributed by atoms with van der Waals surface area (Å²) in [7, 11) is 0. The second-order valence-electron chi connectivity index (χ2n) is 5.35. The van der Waals surface area contributed by atoms with E-state index in [0.29, 0.717) is 15.7 Å². The van der Waals surface area contributed by atoms with Crippen molar-refractivity contribution in [3.8, 4) is 0 Å². The Morgan fingerprint density at radius 2 is 1.83 bits per heavy atom. The molecule has 0 saturated heterocycles. The molecule has 1 atom stereocenters. The highest BCUT2D eigenvalue weighted by Gasteiger charge is 2.14. The van der Waals surface area contributed by atoms with Gasteiger partial charge < -0.3 is 10.1 Å². The number of anilines is 1. The summed E-state index contributed by atoms with van der Waals surface area (Å²) in [5, 5.41) is 3.36. The van der Waals surface area contributed by atoms with Crippen molar-refractivity contribution in [1.29, 1.82) is 0 Å². The maximum Gasteiger partial charge on any atom is 0.306 e. The molecule has 4 nitrogen and oxygen atoms in total. The molecule has 0 spiro atoms. The molecule has 2 aromatic rings. The topological polar surface area (TPSA) is 55.4 Å². The van der Waals surface area contributed by atoms with E-state index in [1.54, 1.807) is 12.1 Å². The lowest BCUT2D eigenvalue weighted by molar-refractivity contribution is -0.147. The molecule has 1 amide bonds. The van der Waals surface area contributed by atoms with Crippen LogP contribution in [-0.2, 0) is 14.3 Å². The third-order valence-corrected chi connectivity index (χ3v) is 3.96. The molecule has 1 N–H and O–H groups in total. The van der Waals surface area contributed by atoms with Crippen LogP contribution in [0.3, 0.4) is 0 Å². The minimum Gasteiger partial charge on any atom is -0.456 e. The quantitative estimate of drug-likeness (QED) is 0.756. The summed E-state index contributed by atoms with van der Waals surface area (Å²) in [6, 6.07) is 14.4. The van der Waals surface area contributed by atoms with Crippen LogP contribution in [0.4, 0.5) is 5.69 Å². The first-order valence-corrected chi connectivity index (χ1v) is 8.17. The Labute approximate surface area is 150 Å². The zero-order chi connectivity index (χ0) is 17.5. The third-order valence-electron chi connectivity index (χ3n) is 3.41. The number of hydrogen-bond donors (Lipinski definition) is 1. The summed E-state index contributed by atoms with van der Waals surface area (Å²) in [5.41, 5.74) is 1.46. The molecule has 2 aromatic carbocycles.